The summed E-state index contributed by atoms with van der Waals surface area (Å²) in [6.45, 7) is 0. The molecule has 0 aliphatic rings. The molecule has 18 heavy (non-hydrogen) atoms. The zero-order valence-corrected chi connectivity index (χ0v) is 9.04. The smallest absolute Gasteiger partial charge is 0.278 e. The third-order valence-corrected chi connectivity index (χ3v) is 2.42. The lowest BCUT2D eigenvalue weighted by Gasteiger charge is -2.07. The molecule has 0 spiro atoms. The van der Waals surface area contributed by atoms with Crippen LogP contribution in [0, 0.1) is 0 Å². The number of nitrogens with one attached hydrogen (secondary N) is 3. The van der Waals surface area contributed by atoms with Gasteiger partial charge < -0.3 is 4.98 Å². The van der Waals surface area contributed by atoms with Crippen molar-refractivity contribution in [1.82, 2.24) is 24.6 Å². The van der Waals surface area contributed by atoms with Gasteiger partial charge >= 0.3 is 0 Å². The zero-order valence-electron chi connectivity index (χ0n) is 9.04. The molecule has 8 heteroatoms. The van der Waals surface area contributed by atoms with Gasteiger partial charge in [-0.2, -0.15) is 4.98 Å². The van der Waals surface area contributed by atoms with Crippen molar-refractivity contribution in [1.29, 1.82) is 0 Å². The second kappa shape index (κ2) is 3.84. The van der Waals surface area contributed by atoms with Gasteiger partial charge in [-0.1, -0.05) is 0 Å². The minimum absolute atomic E-state index is 0.207. The molecule has 0 aromatic carbocycles. The minimum Gasteiger partial charge on any atom is -0.339 e. The average Bonchev–Trinajstić information content (AvgIpc) is 2.97. The number of H-pyrrole nitrogens is 2. The van der Waals surface area contributed by atoms with Crippen LogP contribution in [-0.2, 0) is 0 Å². The number of carbonyl (C=O) groups excluding carboxylic acids is 1. The number of carbonyl (C=O) groups is 1. The van der Waals surface area contributed by atoms with Crippen LogP contribution in [0.5, 0.6) is 0 Å². The molecule has 3 N–H and O–H groups in total. The number of hydrogen-bond acceptors (Lipinski definition) is 5. The van der Waals surface area contributed by atoms with Gasteiger partial charge in [0.15, 0.2) is 17.5 Å². The highest BCUT2D eigenvalue weighted by molar-refractivity contribution is 5.73. The summed E-state index contributed by atoms with van der Waals surface area (Å²) >= 11 is 0. The van der Waals surface area contributed by atoms with E-state index in [4.69, 9.17) is 0 Å². The first kappa shape index (κ1) is 10.3. The van der Waals surface area contributed by atoms with E-state index in [9.17, 15) is 9.59 Å². The maximum absolute atomic E-state index is 11.7. The second-order valence-electron chi connectivity index (χ2n) is 3.55. The summed E-state index contributed by atoms with van der Waals surface area (Å²) in [6, 6.07) is 3.33. The molecule has 0 radical (unpaired) electrons. The van der Waals surface area contributed by atoms with Crippen molar-refractivity contribution in [2.24, 2.45) is 0 Å². The fraction of sp³-hybridized carbons (Fsp3) is 0. The highest BCUT2D eigenvalue weighted by Crippen LogP contribution is 2.05. The van der Waals surface area contributed by atoms with Gasteiger partial charge in [0.1, 0.15) is 5.69 Å². The van der Waals surface area contributed by atoms with Crippen LogP contribution < -0.4 is 11.0 Å². The van der Waals surface area contributed by atoms with Crippen molar-refractivity contribution in [2.45, 2.75) is 0 Å². The van der Waals surface area contributed by atoms with E-state index in [2.05, 4.69) is 25.4 Å². The van der Waals surface area contributed by atoms with E-state index in [1.54, 1.807) is 18.3 Å². The highest BCUT2D eigenvalue weighted by atomic mass is 16.1. The van der Waals surface area contributed by atoms with Gasteiger partial charge in [-0.3, -0.25) is 24.7 Å². The third kappa shape index (κ3) is 1.56. The summed E-state index contributed by atoms with van der Waals surface area (Å²) in [7, 11) is 0. The summed E-state index contributed by atoms with van der Waals surface area (Å²) in [5.74, 6) is 0.207. The first-order valence-electron chi connectivity index (χ1n) is 5.11. The Kier molecular flexibility index (Phi) is 2.19. The van der Waals surface area contributed by atoms with Crippen molar-refractivity contribution < 1.29 is 4.79 Å². The Morgan fingerprint density at radius 2 is 2.33 bits per heavy atom. The molecule has 3 rings (SSSR count). The van der Waals surface area contributed by atoms with Crippen molar-refractivity contribution in [3.63, 3.8) is 0 Å². The molecule has 90 valence electrons. The number of rotatable bonds is 3. The predicted octanol–water partition coefficient (Wildman–Crippen LogP) is 0.135. The molecule has 0 unspecified atom stereocenters. The number of aldehydes is 1. The van der Waals surface area contributed by atoms with Crippen LogP contribution in [0.1, 0.15) is 10.5 Å². The molecule has 0 saturated heterocycles. The number of anilines is 1. The summed E-state index contributed by atoms with van der Waals surface area (Å²) in [5, 5.41) is 0. The largest absolute Gasteiger partial charge is 0.339 e. The predicted molar refractivity (Wildman–Crippen MR) is 63.3 cm³/mol. The van der Waals surface area contributed by atoms with Gasteiger partial charge in [-0.25, -0.2) is 4.98 Å². The Hall–Kier alpha value is -2.90. The Bertz CT molecular complexity index is 768. The van der Waals surface area contributed by atoms with E-state index in [1.807, 2.05) is 0 Å². The second-order valence-corrected chi connectivity index (χ2v) is 3.55. The quantitative estimate of drug-likeness (QED) is 0.568. The van der Waals surface area contributed by atoms with Crippen molar-refractivity contribution >= 4 is 23.4 Å². The summed E-state index contributed by atoms with van der Waals surface area (Å²) in [4.78, 5) is 35.6. The van der Waals surface area contributed by atoms with Crippen LogP contribution in [0.4, 0.5) is 5.95 Å². The summed E-state index contributed by atoms with van der Waals surface area (Å²) < 4.78 is 1.45. The normalized spacial score (nSPS) is 10.7. The number of nitrogens with zero attached hydrogens (tertiary/aromatic N) is 3. The molecule has 0 aliphatic carbocycles. The molecule has 0 bridgehead atoms. The lowest BCUT2D eigenvalue weighted by molar-refractivity contribution is 0.111. The lowest BCUT2D eigenvalue weighted by atomic mass is 10.5. The Morgan fingerprint density at radius 1 is 1.44 bits per heavy atom. The molecular formula is C10H8N6O2. The SMILES string of the molecule is O=Cc1cccn1Nc1nc2nc[nH]c2c(=O)[nH]1. The summed E-state index contributed by atoms with van der Waals surface area (Å²) in [5.41, 5.74) is 3.49. The molecule has 3 aromatic heterocycles. The van der Waals surface area contributed by atoms with Gasteiger partial charge in [-0.15, -0.1) is 0 Å². The van der Waals surface area contributed by atoms with E-state index in [0.29, 0.717) is 23.1 Å². The highest BCUT2D eigenvalue weighted by Gasteiger charge is 2.06. The van der Waals surface area contributed by atoms with Gasteiger partial charge in [-0.05, 0) is 12.1 Å². The number of aromatic amines is 2. The van der Waals surface area contributed by atoms with Crippen molar-refractivity contribution in [3.8, 4) is 0 Å². The maximum Gasteiger partial charge on any atom is 0.278 e. The van der Waals surface area contributed by atoms with Crippen molar-refractivity contribution in [2.75, 3.05) is 5.43 Å². The van der Waals surface area contributed by atoms with Crippen LogP contribution in [0.3, 0.4) is 0 Å². The van der Waals surface area contributed by atoms with E-state index in [-0.39, 0.29) is 11.5 Å². The first-order valence-corrected chi connectivity index (χ1v) is 5.11. The van der Waals surface area contributed by atoms with E-state index in [0.717, 1.165) is 0 Å². The molecule has 0 atom stereocenters. The number of imidazole rings is 1. The molecule has 3 heterocycles. The van der Waals surface area contributed by atoms with Crippen LogP contribution >= 0.6 is 0 Å². The van der Waals surface area contributed by atoms with E-state index < -0.39 is 0 Å². The molecule has 0 saturated carbocycles. The molecule has 0 fully saturated rings. The number of aromatic nitrogens is 5. The number of fused-ring (bicyclic) bond motifs is 1. The topological polar surface area (TPSA) is 108 Å². The van der Waals surface area contributed by atoms with Gasteiger partial charge in [0.25, 0.3) is 5.56 Å². The molecule has 3 aromatic rings. The maximum atomic E-state index is 11.7. The van der Waals surface area contributed by atoms with Crippen LogP contribution in [0.2, 0.25) is 0 Å². The van der Waals surface area contributed by atoms with Crippen LogP contribution in [-0.4, -0.2) is 30.9 Å². The van der Waals surface area contributed by atoms with Gasteiger partial charge in [0, 0.05) is 6.20 Å². The zero-order chi connectivity index (χ0) is 12.5. The van der Waals surface area contributed by atoms with Gasteiger partial charge in [0.05, 0.1) is 6.33 Å². The Balaban J connectivity index is 2.05. The van der Waals surface area contributed by atoms with Crippen LogP contribution in [0.15, 0.2) is 29.5 Å². The summed E-state index contributed by atoms with van der Waals surface area (Å²) in [6.07, 6.45) is 3.72. The fourth-order valence-corrected chi connectivity index (χ4v) is 1.60. The first-order chi connectivity index (χ1) is 8.78. The Morgan fingerprint density at radius 3 is 3.17 bits per heavy atom. The van der Waals surface area contributed by atoms with Crippen molar-refractivity contribution in [3.05, 3.63) is 40.7 Å². The lowest BCUT2D eigenvalue weighted by Crippen LogP contribution is -2.18. The Labute approximate surface area is 99.7 Å². The van der Waals surface area contributed by atoms with E-state index in [1.165, 1.54) is 11.0 Å². The molecular weight excluding hydrogens is 236 g/mol. The molecule has 8 nitrogen and oxygen atoms in total. The standard InChI is InChI=1S/C10H8N6O2/c17-4-6-2-1-3-16(6)15-10-13-8-7(9(18)14-10)11-5-12-8/h1-5H,(H3,11,12,13,14,15,18). The van der Waals surface area contributed by atoms with E-state index >= 15 is 0 Å². The molecule has 0 aliphatic heterocycles. The van der Waals surface area contributed by atoms with Gasteiger partial charge in [0.2, 0.25) is 5.95 Å². The average molecular weight is 244 g/mol. The third-order valence-electron chi connectivity index (χ3n) is 2.42. The molecule has 0 amide bonds. The monoisotopic (exact) mass is 244 g/mol. The fourth-order valence-electron chi connectivity index (χ4n) is 1.60. The number of hydrogen-bond donors (Lipinski definition) is 3. The minimum atomic E-state index is -0.334. The van der Waals surface area contributed by atoms with Crippen LogP contribution in [0.25, 0.3) is 11.2 Å².